The molecule has 0 saturated carbocycles. The molecule has 0 atom stereocenters. The standard InChI is InChI=1S/C10H9ClN2O2/c11-9-5-3-6-10(13(14)15)8(9)4-1-2-7-12/h3,5-6H,2,7,12H2. The van der Waals surface area contributed by atoms with Crippen molar-refractivity contribution in [2.45, 2.75) is 6.42 Å². The molecule has 4 nitrogen and oxygen atoms in total. The number of rotatable bonds is 2. The minimum atomic E-state index is -0.502. The second kappa shape index (κ2) is 5.35. The van der Waals surface area contributed by atoms with E-state index in [1.807, 2.05) is 0 Å². The zero-order valence-electron chi connectivity index (χ0n) is 7.87. The second-order valence-electron chi connectivity index (χ2n) is 2.73. The van der Waals surface area contributed by atoms with Gasteiger partial charge in [-0.1, -0.05) is 29.5 Å². The molecule has 0 bridgehead atoms. The van der Waals surface area contributed by atoms with E-state index < -0.39 is 4.92 Å². The molecule has 0 unspecified atom stereocenters. The fourth-order valence-corrected chi connectivity index (χ4v) is 1.23. The number of nitro groups is 1. The highest BCUT2D eigenvalue weighted by atomic mass is 35.5. The molecule has 2 N–H and O–H groups in total. The van der Waals surface area contributed by atoms with Crippen LogP contribution in [0.15, 0.2) is 18.2 Å². The first-order valence-corrected chi connectivity index (χ1v) is 4.66. The highest BCUT2D eigenvalue weighted by molar-refractivity contribution is 6.32. The van der Waals surface area contributed by atoms with Gasteiger partial charge < -0.3 is 5.73 Å². The minimum absolute atomic E-state index is 0.0768. The number of nitrogens with zero attached hydrogens (tertiary/aromatic N) is 1. The molecule has 15 heavy (non-hydrogen) atoms. The molecule has 0 spiro atoms. The van der Waals surface area contributed by atoms with E-state index in [4.69, 9.17) is 17.3 Å². The minimum Gasteiger partial charge on any atom is -0.330 e. The Hall–Kier alpha value is -1.57. The summed E-state index contributed by atoms with van der Waals surface area (Å²) in [6, 6.07) is 4.47. The molecule has 0 aliphatic carbocycles. The van der Waals surface area contributed by atoms with E-state index in [1.165, 1.54) is 12.1 Å². The zero-order chi connectivity index (χ0) is 11.3. The lowest BCUT2D eigenvalue weighted by Gasteiger charge is -1.97. The van der Waals surface area contributed by atoms with Crippen molar-refractivity contribution in [2.24, 2.45) is 5.73 Å². The van der Waals surface area contributed by atoms with Gasteiger partial charge in [-0.05, 0) is 6.07 Å². The fourth-order valence-electron chi connectivity index (χ4n) is 1.01. The van der Waals surface area contributed by atoms with Crippen molar-refractivity contribution in [3.05, 3.63) is 38.9 Å². The van der Waals surface area contributed by atoms with Crippen molar-refractivity contribution < 1.29 is 4.92 Å². The Bertz CT molecular complexity index is 435. The molecule has 5 heteroatoms. The highest BCUT2D eigenvalue weighted by Crippen LogP contribution is 2.24. The number of hydrogen-bond acceptors (Lipinski definition) is 3. The lowest BCUT2D eigenvalue weighted by molar-refractivity contribution is -0.385. The van der Waals surface area contributed by atoms with Gasteiger partial charge in [-0.3, -0.25) is 10.1 Å². The molecule has 78 valence electrons. The predicted octanol–water partition coefficient (Wildman–Crippen LogP) is 1.95. The summed E-state index contributed by atoms with van der Waals surface area (Å²) in [5.41, 5.74) is 5.43. The Kier molecular flexibility index (Phi) is 4.10. The molecule has 0 radical (unpaired) electrons. The molecule has 1 aromatic carbocycles. The Labute approximate surface area is 92.2 Å². The van der Waals surface area contributed by atoms with Crippen LogP contribution in [0.4, 0.5) is 5.69 Å². The van der Waals surface area contributed by atoms with E-state index in [0.717, 1.165) is 0 Å². The third-order valence-electron chi connectivity index (χ3n) is 1.67. The zero-order valence-corrected chi connectivity index (χ0v) is 8.62. The van der Waals surface area contributed by atoms with Crippen molar-refractivity contribution in [3.8, 4) is 11.8 Å². The first kappa shape index (κ1) is 11.5. The quantitative estimate of drug-likeness (QED) is 0.474. The van der Waals surface area contributed by atoms with Crippen LogP contribution in [0.5, 0.6) is 0 Å². The van der Waals surface area contributed by atoms with Crippen LogP contribution >= 0.6 is 11.6 Å². The van der Waals surface area contributed by atoms with Crippen LogP contribution < -0.4 is 5.73 Å². The average molecular weight is 225 g/mol. The maximum Gasteiger partial charge on any atom is 0.286 e. The Balaban J connectivity index is 3.15. The summed E-state index contributed by atoms with van der Waals surface area (Å²) in [6.45, 7) is 0.422. The molecule has 1 rings (SSSR count). The first-order valence-electron chi connectivity index (χ1n) is 4.28. The second-order valence-corrected chi connectivity index (χ2v) is 3.14. The normalized spacial score (nSPS) is 9.20. The van der Waals surface area contributed by atoms with Crippen LogP contribution in [0.2, 0.25) is 5.02 Å². The topological polar surface area (TPSA) is 69.2 Å². The number of halogens is 1. The molecule has 0 saturated heterocycles. The molecular weight excluding hydrogens is 216 g/mol. The number of hydrogen-bond donors (Lipinski definition) is 1. The third kappa shape index (κ3) is 2.94. The van der Waals surface area contributed by atoms with E-state index in [9.17, 15) is 10.1 Å². The monoisotopic (exact) mass is 224 g/mol. The molecule has 0 fully saturated rings. The lowest BCUT2D eigenvalue weighted by Crippen LogP contribution is -1.96. The van der Waals surface area contributed by atoms with Crippen LogP contribution in [0.1, 0.15) is 12.0 Å². The van der Waals surface area contributed by atoms with E-state index in [2.05, 4.69) is 11.8 Å². The van der Waals surface area contributed by atoms with Crippen molar-refractivity contribution >= 4 is 17.3 Å². The predicted molar refractivity (Wildman–Crippen MR) is 58.7 cm³/mol. The maximum atomic E-state index is 10.7. The van der Waals surface area contributed by atoms with Gasteiger partial charge in [0.15, 0.2) is 0 Å². The highest BCUT2D eigenvalue weighted by Gasteiger charge is 2.13. The summed E-state index contributed by atoms with van der Waals surface area (Å²) in [6.07, 6.45) is 0.488. The van der Waals surface area contributed by atoms with E-state index in [1.54, 1.807) is 6.07 Å². The molecule has 0 aromatic heterocycles. The first-order chi connectivity index (χ1) is 7.16. The van der Waals surface area contributed by atoms with Crippen LogP contribution in [0.25, 0.3) is 0 Å². The molecule has 0 aliphatic rings. The van der Waals surface area contributed by atoms with Gasteiger partial charge in [0.2, 0.25) is 0 Å². The van der Waals surface area contributed by atoms with Gasteiger partial charge in [0, 0.05) is 19.0 Å². The molecule has 0 heterocycles. The van der Waals surface area contributed by atoms with Crippen LogP contribution in [-0.4, -0.2) is 11.5 Å². The Morgan fingerprint density at radius 2 is 2.27 bits per heavy atom. The molecule has 0 amide bonds. The van der Waals surface area contributed by atoms with E-state index >= 15 is 0 Å². The summed E-state index contributed by atoms with van der Waals surface area (Å²) in [4.78, 5) is 10.2. The number of nitrogens with two attached hydrogens (primary N) is 1. The van der Waals surface area contributed by atoms with E-state index in [-0.39, 0.29) is 16.3 Å². The van der Waals surface area contributed by atoms with Gasteiger partial charge >= 0.3 is 0 Å². The summed E-state index contributed by atoms with van der Waals surface area (Å²) >= 11 is 5.81. The van der Waals surface area contributed by atoms with Crippen molar-refractivity contribution in [1.29, 1.82) is 0 Å². The maximum absolute atomic E-state index is 10.7. The van der Waals surface area contributed by atoms with E-state index in [0.29, 0.717) is 13.0 Å². The van der Waals surface area contributed by atoms with Crippen molar-refractivity contribution in [3.63, 3.8) is 0 Å². The van der Waals surface area contributed by atoms with Gasteiger partial charge in [0.25, 0.3) is 5.69 Å². The summed E-state index contributed by atoms with van der Waals surface area (Å²) in [7, 11) is 0. The number of benzene rings is 1. The third-order valence-corrected chi connectivity index (χ3v) is 1.99. The Morgan fingerprint density at radius 1 is 1.53 bits per heavy atom. The van der Waals surface area contributed by atoms with Gasteiger partial charge in [0.05, 0.1) is 9.95 Å². The average Bonchev–Trinajstić information content (AvgIpc) is 2.20. The molecule has 0 aliphatic heterocycles. The SMILES string of the molecule is NCCC#Cc1c(Cl)cccc1[N+](=O)[O-]. The summed E-state index contributed by atoms with van der Waals surface area (Å²) < 4.78 is 0. The lowest BCUT2D eigenvalue weighted by atomic mass is 10.2. The van der Waals surface area contributed by atoms with Crippen molar-refractivity contribution in [2.75, 3.05) is 6.54 Å². The van der Waals surface area contributed by atoms with Crippen LogP contribution in [0, 0.1) is 22.0 Å². The fraction of sp³-hybridized carbons (Fsp3) is 0.200. The Morgan fingerprint density at radius 3 is 2.87 bits per heavy atom. The van der Waals surface area contributed by atoms with Gasteiger partial charge in [-0.15, -0.1) is 0 Å². The van der Waals surface area contributed by atoms with Crippen LogP contribution in [-0.2, 0) is 0 Å². The van der Waals surface area contributed by atoms with Crippen molar-refractivity contribution in [1.82, 2.24) is 0 Å². The summed E-state index contributed by atoms with van der Waals surface area (Å²) in [5, 5.41) is 10.9. The molecule has 1 aromatic rings. The number of nitro benzene ring substituents is 1. The van der Waals surface area contributed by atoms with Gasteiger partial charge in [-0.2, -0.15) is 0 Å². The molecular formula is C10H9ClN2O2. The summed E-state index contributed by atoms with van der Waals surface area (Å²) in [5.74, 6) is 5.38. The van der Waals surface area contributed by atoms with Gasteiger partial charge in [0.1, 0.15) is 5.56 Å². The smallest absolute Gasteiger partial charge is 0.286 e. The van der Waals surface area contributed by atoms with Gasteiger partial charge in [-0.25, -0.2) is 0 Å². The van der Waals surface area contributed by atoms with Crippen LogP contribution in [0.3, 0.4) is 0 Å². The largest absolute Gasteiger partial charge is 0.330 e.